The Morgan fingerprint density at radius 1 is 1.62 bits per heavy atom. The number of aromatic carboxylic acids is 1. The highest BCUT2D eigenvalue weighted by atomic mass is 35.5. The van der Waals surface area contributed by atoms with Crippen LogP contribution in [0.1, 0.15) is 10.5 Å². The van der Waals surface area contributed by atoms with Gasteiger partial charge in [0.05, 0.1) is 0 Å². The smallest absolute Gasteiger partial charge is 0.356 e. The average molecular weight is 203 g/mol. The van der Waals surface area contributed by atoms with E-state index in [1.54, 1.807) is 7.05 Å². The second kappa shape index (κ2) is 3.44. The topological polar surface area (TPSA) is 101 Å². The van der Waals surface area contributed by atoms with Crippen LogP contribution in [-0.4, -0.2) is 28.1 Å². The van der Waals surface area contributed by atoms with Crippen molar-refractivity contribution in [2.45, 2.75) is 0 Å². The lowest BCUT2D eigenvalue weighted by molar-refractivity contribution is 0.0690. The Morgan fingerprint density at radius 3 is 2.69 bits per heavy atom. The Kier molecular flexibility index (Phi) is 2.52. The van der Waals surface area contributed by atoms with E-state index in [1.807, 2.05) is 0 Å². The minimum atomic E-state index is -1.24. The van der Waals surface area contributed by atoms with E-state index in [-0.39, 0.29) is 22.5 Å². The molecule has 0 radical (unpaired) electrons. The Labute approximate surface area is 78.7 Å². The molecule has 0 amide bonds. The van der Waals surface area contributed by atoms with Gasteiger partial charge in [0.15, 0.2) is 11.5 Å². The number of nitrogens with zero attached hydrogens (tertiary/aromatic N) is 2. The summed E-state index contributed by atoms with van der Waals surface area (Å²) in [6.07, 6.45) is 0. The largest absolute Gasteiger partial charge is 0.476 e. The molecular weight excluding hydrogens is 196 g/mol. The van der Waals surface area contributed by atoms with E-state index in [4.69, 9.17) is 22.4 Å². The highest BCUT2D eigenvalue weighted by molar-refractivity contribution is 6.35. The van der Waals surface area contributed by atoms with Gasteiger partial charge in [0.25, 0.3) is 0 Å². The van der Waals surface area contributed by atoms with Gasteiger partial charge < -0.3 is 16.2 Å². The lowest BCUT2D eigenvalue weighted by Gasteiger charge is -2.04. The Bertz CT molecular complexity index is 355. The Balaban J connectivity index is 3.35. The van der Waals surface area contributed by atoms with Gasteiger partial charge in [0, 0.05) is 7.05 Å². The first-order valence-electron chi connectivity index (χ1n) is 3.30. The first kappa shape index (κ1) is 9.53. The predicted molar refractivity (Wildman–Crippen MR) is 48.0 cm³/mol. The number of nitrogen functional groups attached to an aromatic ring is 1. The van der Waals surface area contributed by atoms with E-state index >= 15 is 0 Å². The summed E-state index contributed by atoms with van der Waals surface area (Å²) in [5.41, 5.74) is 4.95. The molecule has 70 valence electrons. The second-order valence-electron chi connectivity index (χ2n) is 2.15. The molecule has 4 N–H and O–H groups in total. The molecule has 0 fully saturated rings. The zero-order valence-electron chi connectivity index (χ0n) is 6.71. The summed E-state index contributed by atoms with van der Waals surface area (Å²) in [5, 5.41) is 11.2. The third-order valence-electron chi connectivity index (χ3n) is 1.31. The van der Waals surface area contributed by atoms with E-state index in [9.17, 15) is 4.79 Å². The first-order valence-corrected chi connectivity index (χ1v) is 3.68. The minimum absolute atomic E-state index is 0.0517. The van der Waals surface area contributed by atoms with Crippen LogP contribution in [0.25, 0.3) is 0 Å². The van der Waals surface area contributed by atoms with Crippen molar-refractivity contribution in [3.63, 3.8) is 0 Å². The molecule has 0 atom stereocenters. The third-order valence-corrected chi connectivity index (χ3v) is 1.67. The van der Waals surface area contributed by atoms with Gasteiger partial charge >= 0.3 is 5.97 Å². The number of hydrogen-bond donors (Lipinski definition) is 3. The molecule has 0 unspecified atom stereocenters. The fourth-order valence-corrected chi connectivity index (χ4v) is 1.03. The molecule has 0 aliphatic carbocycles. The molecule has 1 rings (SSSR count). The molecule has 13 heavy (non-hydrogen) atoms. The van der Waals surface area contributed by atoms with Gasteiger partial charge in [-0.15, -0.1) is 0 Å². The third kappa shape index (κ3) is 1.78. The summed E-state index contributed by atoms with van der Waals surface area (Å²) in [6, 6.07) is 0. The molecule has 0 spiro atoms. The van der Waals surface area contributed by atoms with Gasteiger partial charge in [-0.3, -0.25) is 0 Å². The monoisotopic (exact) mass is 202 g/mol. The van der Waals surface area contributed by atoms with Crippen LogP contribution in [-0.2, 0) is 0 Å². The van der Waals surface area contributed by atoms with Crippen molar-refractivity contribution in [3.05, 3.63) is 10.7 Å². The van der Waals surface area contributed by atoms with Gasteiger partial charge in [0.1, 0.15) is 5.02 Å². The van der Waals surface area contributed by atoms with Crippen molar-refractivity contribution in [1.82, 2.24) is 9.97 Å². The van der Waals surface area contributed by atoms with Crippen molar-refractivity contribution >= 4 is 29.3 Å². The van der Waals surface area contributed by atoms with Crippen LogP contribution in [0.2, 0.25) is 5.02 Å². The molecule has 1 heterocycles. The number of carbonyl (C=O) groups is 1. The van der Waals surface area contributed by atoms with Gasteiger partial charge in [-0.1, -0.05) is 11.6 Å². The summed E-state index contributed by atoms with van der Waals surface area (Å²) in [6.45, 7) is 0. The molecule has 0 aromatic carbocycles. The summed E-state index contributed by atoms with van der Waals surface area (Å²) in [7, 11) is 1.55. The van der Waals surface area contributed by atoms with E-state index in [2.05, 4.69) is 15.3 Å². The zero-order chi connectivity index (χ0) is 10.0. The maximum absolute atomic E-state index is 10.6. The Morgan fingerprint density at radius 2 is 2.23 bits per heavy atom. The lowest BCUT2D eigenvalue weighted by atomic mass is 10.4. The van der Waals surface area contributed by atoms with Crippen molar-refractivity contribution < 1.29 is 9.90 Å². The number of carboxylic acids is 1. The van der Waals surface area contributed by atoms with E-state index < -0.39 is 5.97 Å². The van der Waals surface area contributed by atoms with Crippen molar-refractivity contribution in [3.8, 4) is 0 Å². The number of anilines is 2. The van der Waals surface area contributed by atoms with Crippen LogP contribution in [0.15, 0.2) is 0 Å². The fourth-order valence-electron chi connectivity index (χ4n) is 0.772. The quantitative estimate of drug-likeness (QED) is 0.644. The summed E-state index contributed by atoms with van der Waals surface area (Å²) >= 11 is 5.65. The lowest BCUT2D eigenvalue weighted by Crippen LogP contribution is -2.09. The van der Waals surface area contributed by atoms with Crippen molar-refractivity contribution in [1.29, 1.82) is 0 Å². The second-order valence-corrected chi connectivity index (χ2v) is 2.53. The van der Waals surface area contributed by atoms with E-state index in [0.29, 0.717) is 0 Å². The van der Waals surface area contributed by atoms with Crippen molar-refractivity contribution in [2.75, 3.05) is 18.1 Å². The zero-order valence-corrected chi connectivity index (χ0v) is 7.46. The molecule has 0 saturated heterocycles. The van der Waals surface area contributed by atoms with Crippen LogP contribution < -0.4 is 11.1 Å². The first-order chi connectivity index (χ1) is 6.06. The van der Waals surface area contributed by atoms with Gasteiger partial charge in [-0.25, -0.2) is 9.78 Å². The highest BCUT2D eigenvalue weighted by Crippen LogP contribution is 2.22. The summed E-state index contributed by atoms with van der Waals surface area (Å²) < 4.78 is 0. The molecule has 0 aliphatic heterocycles. The predicted octanol–water partition coefficient (Wildman–Crippen LogP) is 0.452. The number of nitrogens with two attached hydrogens (primary N) is 1. The molecule has 7 heteroatoms. The van der Waals surface area contributed by atoms with Crippen molar-refractivity contribution in [2.24, 2.45) is 0 Å². The molecule has 0 bridgehead atoms. The van der Waals surface area contributed by atoms with Crippen LogP contribution in [0, 0.1) is 0 Å². The fraction of sp³-hybridized carbons (Fsp3) is 0.167. The van der Waals surface area contributed by atoms with Crippen LogP contribution in [0.5, 0.6) is 0 Å². The van der Waals surface area contributed by atoms with Crippen LogP contribution >= 0.6 is 11.6 Å². The van der Waals surface area contributed by atoms with Crippen LogP contribution in [0.4, 0.5) is 11.8 Å². The van der Waals surface area contributed by atoms with Gasteiger partial charge in [-0.05, 0) is 0 Å². The Hall–Kier alpha value is -1.56. The molecular formula is C6H7ClN4O2. The van der Waals surface area contributed by atoms with Gasteiger partial charge in [0.2, 0.25) is 5.95 Å². The molecule has 1 aromatic heterocycles. The normalized spacial score (nSPS) is 9.69. The molecule has 0 aliphatic rings. The highest BCUT2D eigenvalue weighted by Gasteiger charge is 2.16. The maximum Gasteiger partial charge on any atom is 0.356 e. The number of carboxylic acid groups (broad SMARTS) is 1. The van der Waals surface area contributed by atoms with E-state index in [1.165, 1.54) is 0 Å². The average Bonchev–Trinajstić information content (AvgIpc) is 2.08. The molecule has 1 aromatic rings. The maximum atomic E-state index is 10.6. The summed E-state index contributed by atoms with van der Waals surface area (Å²) in [4.78, 5) is 17.8. The minimum Gasteiger partial charge on any atom is -0.476 e. The number of halogens is 1. The van der Waals surface area contributed by atoms with E-state index in [0.717, 1.165) is 0 Å². The molecule has 0 saturated carbocycles. The number of aromatic nitrogens is 2. The number of hydrogen-bond acceptors (Lipinski definition) is 5. The number of rotatable bonds is 2. The standard InChI is InChI=1S/C6H7ClN4O2/c1-9-4-2(7)3(5(12)13)10-6(8)11-4/h1H3,(H,12,13)(H3,8,9,10,11). The number of nitrogens with one attached hydrogen (secondary N) is 1. The summed E-state index contributed by atoms with van der Waals surface area (Å²) in [5.74, 6) is -1.17. The van der Waals surface area contributed by atoms with Gasteiger partial charge in [-0.2, -0.15) is 4.98 Å². The van der Waals surface area contributed by atoms with Crippen LogP contribution in [0.3, 0.4) is 0 Å². The SMILES string of the molecule is CNc1nc(N)nc(C(=O)O)c1Cl. The molecule has 6 nitrogen and oxygen atoms in total.